The van der Waals surface area contributed by atoms with Crippen LogP contribution in [0, 0.1) is 0 Å². The smallest absolute Gasteiger partial charge is 0.328 e. The van der Waals surface area contributed by atoms with Gasteiger partial charge in [0.25, 0.3) is 5.91 Å². The van der Waals surface area contributed by atoms with E-state index in [0.29, 0.717) is 12.4 Å². The summed E-state index contributed by atoms with van der Waals surface area (Å²) in [6, 6.07) is 1.73. The number of nitrogens with one attached hydrogen (secondary N) is 1. The topological polar surface area (TPSA) is 74.8 Å². The SMILES string of the molecule is O=C(c1ccc(C(F)(F)F)nc1)N1CCCC[C@H]1c1ncn[nH]1. The van der Waals surface area contributed by atoms with Crippen LogP contribution in [0.3, 0.4) is 0 Å². The second-order valence-corrected chi connectivity index (χ2v) is 5.31. The average molecular weight is 325 g/mol. The summed E-state index contributed by atoms with van der Waals surface area (Å²) in [6.45, 7) is 0.519. The maximum absolute atomic E-state index is 12.6. The number of hydrogen-bond donors (Lipinski definition) is 1. The van der Waals surface area contributed by atoms with E-state index in [1.807, 2.05) is 0 Å². The first-order valence-electron chi connectivity index (χ1n) is 7.16. The fourth-order valence-electron chi connectivity index (χ4n) is 2.69. The van der Waals surface area contributed by atoms with Crippen LogP contribution in [0.25, 0.3) is 0 Å². The van der Waals surface area contributed by atoms with Crippen molar-refractivity contribution in [3.8, 4) is 0 Å². The van der Waals surface area contributed by atoms with Gasteiger partial charge in [-0.3, -0.25) is 14.9 Å². The third-order valence-electron chi connectivity index (χ3n) is 3.81. The molecule has 0 saturated carbocycles. The first-order valence-corrected chi connectivity index (χ1v) is 7.16. The van der Waals surface area contributed by atoms with Gasteiger partial charge in [-0.25, -0.2) is 4.98 Å². The summed E-state index contributed by atoms with van der Waals surface area (Å²) in [4.78, 5) is 21.6. The number of rotatable bonds is 2. The molecule has 0 aromatic carbocycles. The van der Waals surface area contributed by atoms with Gasteiger partial charge in [0.1, 0.15) is 17.8 Å². The minimum absolute atomic E-state index is 0.129. The van der Waals surface area contributed by atoms with Crippen LogP contribution >= 0.6 is 0 Å². The molecule has 9 heteroatoms. The molecule has 1 saturated heterocycles. The van der Waals surface area contributed by atoms with Gasteiger partial charge in [0.05, 0.1) is 11.6 Å². The van der Waals surface area contributed by atoms with Crippen molar-refractivity contribution in [1.82, 2.24) is 25.1 Å². The molecule has 3 heterocycles. The molecule has 1 aliphatic heterocycles. The minimum atomic E-state index is -4.52. The molecule has 1 atom stereocenters. The first-order chi connectivity index (χ1) is 11.0. The first kappa shape index (κ1) is 15.4. The van der Waals surface area contributed by atoms with Crippen molar-refractivity contribution in [2.45, 2.75) is 31.5 Å². The third kappa shape index (κ3) is 3.17. The number of pyridine rings is 1. The van der Waals surface area contributed by atoms with E-state index in [9.17, 15) is 18.0 Å². The van der Waals surface area contributed by atoms with E-state index in [2.05, 4.69) is 20.2 Å². The number of aromatic nitrogens is 4. The summed E-state index contributed by atoms with van der Waals surface area (Å²) in [7, 11) is 0. The van der Waals surface area contributed by atoms with Gasteiger partial charge < -0.3 is 4.90 Å². The normalized spacial score (nSPS) is 18.9. The van der Waals surface area contributed by atoms with Crippen LogP contribution in [0.2, 0.25) is 0 Å². The van der Waals surface area contributed by atoms with E-state index in [4.69, 9.17) is 0 Å². The van der Waals surface area contributed by atoms with Gasteiger partial charge in [-0.1, -0.05) is 0 Å². The van der Waals surface area contributed by atoms with Crippen molar-refractivity contribution >= 4 is 5.91 Å². The van der Waals surface area contributed by atoms with Crippen molar-refractivity contribution < 1.29 is 18.0 Å². The molecule has 2 aromatic rings. The number of amides is 1. The quantitative estimate of drug-likeness (QED) is 0.921. The summed E-state index contributed by atoms with van der Waals surface area (Å²) < 4.78 is 37.6. The zero-order valence-electron chi connectivity index (χ0n) is 12.0. The van der Waals surface area contributed by atoms with Crippen LogP contribution < -0.4 is 0 Å². The summed E-state index contributed by atoms with van der Waals surface area (Å²) in [5.41, 5.74) is -0.885. The molecule has 1 fully saturated rings. The number of hydrogen-bond acceptors (Lipinski definition) is 4. The van der Waals surface area contributed by atoms with Crippen molar-refractivity contribution in [2.24, 2.45) is 0 Å². The summed E-state index contributed by atoms with van der Waals surface area (Å²) in [6.07, 6.45) is 0.332. The Bertz CT molecular complexity index is 669. The number of carbonyl (C=O) groups excluding carboxylic acids is 1. The molecule has 0 spiro atoms. The summed E-state index contributed by atoms with van der Waals surface area (Å²) in [5.74, 6) is 0.227. The molecule has 1 amide bonds. The van der Waals surface area contributed by atoms with Gasteiger partial charge in [0.15, 0.2) is 0 Å². The van der Waals surface area contributed by atoms with Crippen LogP contribution in [0.4, 0.5) is 13.2 Å². The molecule has 0 radical (unpaired) electrons. The van der Waals surface area contributed by atoms with Gasteiger partial charge in [0.2, 0.25) is 0 Å². The molecule has 122 valence electrons. The van der Waals surface area contributed by atoms with Crippen LogP contribution in [0.5, 0.6) is 0 Å². The molecule has 1 N–H and O–H groups in total. The Hall–Kier alpha value is -2.45. The van der Waals surface area contributed by atoms with Gasteiger partial charge in [-0.05, 0) is 31.4 Å². The molecular weight excluding hydrogens is 311 g/mol. The number of nitrogens with zero attached hydrogens (tertiary/aromatic N) is 4. The highest BCUT2D eigenvalue weighted by Gasteiger charge is 2.34. The monoisotopic (exact) mass is 325 g/mol. The second-order valence-electron chi connectivity index (χ2n) is 5.31. The fourth-order valence-corrected chi connectivity index (χ4v) is 2.69. The largest absolute Gasteiger partial charge is 0.433 e. The van der Waals surface area contributed by atoms with E-state index in [-0.39, 0.29) is 17.5 Å². The molecule has 0 bridgehead atoms. The second kappa shape index (κ2) is 5.98. The molecule has 2 aromatic heterocycles. The Balaban J connectivity index is 1.83. The van der Waals surface area contributed by atoms with E-state index < -0.39 is 11.9 Å². The lowest BCUT2D eigenvalue weighted by molar-refractivity contribution is -0.141. The number of halogens is 3. The standard InChI is InChI=1S/C14H14F3N5O/c15-14(16,17)11-5-4-9(7-18-11)13(23)22-6-2-1-3-10(22)12-19-8-20-21-12/h4-5,7-8,10H,1-3,6H2,(H,19,20,21)/t10-/m0/s1. The maximum Gasteiger partial charge on any atom is 0.433 e. The van der Waals surface area contributed by atoms with Crippen LogP contribution in [0.1, 0.15) is 47.2 Å². The van der Waals surface area contributed by atoms with E-state index in [1.165, 1.54) is 6.33 Å². The Morgan fingerprint density at radius 3 is 2.70 bits per heavy atom. The van der Waals surface area contributed by atoms with Gasteiger partial charge in [-0.2, -0.15) is 18.3 Å². The van der Waals surface area contributed by atoms with Crippen LogP contribution in [0.15, 0.2) is 24.7 Å². The van der Waals surface area contributed by atoms with E-state index >= 15 is 0 Å². The highest BCUT2D eigenvalue weighted by molar-refractivity contribution is 5.94. The highest BCUT2D eigenvalue weighted by atomic mass is 19.4. The number of likely N-dealkylation sites (tertiary alicyclic amines) is 1. The number of carbonyl (C=O) groups is 1. The molecule has 6 nitrogen and oxygen atoms in total. The third-order valence-corrected chi connectivity index (χ3v) is 3.81. The molecular formula is C14H14F3N5O. The molecule has 23 heavy (non-hydrogen) atoms. The highest BCUT2D eigenvalue weighted by Crippen LogP contribution is 2.31. The lowest BCUT2D eigenvalue weighted by atomic mass is 10.0. The Labute approximate surface area is 129 Å². The van der Waals surface area contributed by atoms with Crippen molar-refractivity contribution in [3.05, 3.63) is 41.7 Å². The Kier molecular flexibility index (Phi) is 4.01. The number of H-pyrrole nitrogens is 1. The average Bonchev–Trinajstić information content (AvgIpc) is 3.08. The fraction of sp³-hybridized carbons (Fsp3) is 0.429. The summed E-state index contributed by atoms with van der Waals surface area (Å²) >= 11 is 0. The Morgan fingerprint density at radius 1 is 1.26 bits per heavy atom. The van der Waals surface area contributed by atoms with Crippen LogP contribution in [-0.4, -0.2) is 37.5 Å². The number of aromatic amines is 1. The van der Waals surface area contributed by atoms with Gasteiger partial charge in [0, 0.05) is 12.7 Å². The van der Waals surface area contributed by atoms with Gasteiger partial charge in [-0.15, -0.1) is 0 Å². The summed E-state index contributed by atoms with van der Waals surface area (Å²) in [5, 5.41) is 6.54. The Morgan fingerprint density at radius 2 is 2.09 bits per heavy atom. The van der Waals surface area contributed by atoms with Gasteiger partial charge >= 0.3 is 6.18 Å². The van der Waals surface area contributed by atoms with E-state index in [1.54, 1.807) is 4.90 Å². The predicted molar refractivity (Wildman–Crippen MR) is 73.3 cm³/mol. The zero-order valence-corrected chi connectivity index (χ0v) is 12.0. The lowest BCUT2D eigenvalue weighted by Gasteiger charge is -2.34. The van der Waals surface area contributed by atoms with Crippen molar-refractivity contribution in [3.63, 3.8) is 0 Å². The zero-order chi connectivity index (χ0) is 16.4. The van der Waals surface area contributed by atoms with Crippen molar-refractivity contribution in [1.29, 1.82) is 0 Å². The number of alkyl halides is 3. The van der Waals surface area contributed by atoms with Crippen molar-refractivity contribution in [2.75, 3.05) is 6.54 Å². The molecule has 0 unspecified atom stereocenters. The molecule has 0 aliphatic carbocycles. The van der Waals surface area contributed by atoms with Crippen LogP contribution in [-0.2, 0) is 6.18 Å². The number of piperidine rings is 1. The maximum atomic E-state index is 12.6. The molecule has 3 rings (SSSR count). The minimum Gasteiger partial charge on any atom is -0.328 e. The molecule has 1 aliphatic rings. The lowest BCUT2D eigenvalue weighted by Crippen LogP contribution is -2.39. The predicted octanol–water partition coefficient (Wildman–Crippen LogP) is 2.59. The van der Waals surface area contributed by atoms with E-state index in [0.717, 1.165) is 37.6 Å².